The van der Waals surface area contributed by atoms with Gasteiger partial charge in [-0.15, -0.1) is 0 Å². The fourth-order valence-electron chi connectivity index (χ4n) is 4.91. The third kappa shape index (κ3) is 1.97. The Morgan fingerprint density at radius 1 is 1.04 bits per heavy atom. The minimum Gasteiger partial charge on any atom is -0.459 e. The molecule has 1 spiro atoms. The third-order valence-corrected chi connectivity index (χ3v) is 7.06. The highest BCUT2D eigenvalue weighted by Crippen LogP contribution is 2.56. The Labute approximate surface area is 166 Å². The van der Waals surface area contributed by atoms with Crippen molar-refractivity contribution >= 4 is 28.4 Å². The number of ether oxygens (including phenoxy) is 1. The first kappa shape index (κ1) is 17.3. The summed E-state index contributed by atoms with van der Waals surface area (Å²) in [5.41, 5.74) is 5.32. The van der Waals surface area contributed by atoms with E-state index in [4.69, 9.17) is 9.73 Å². The highest BCUT2D eigenvalue weighted by molar-refractivity contribution is 5.99. The van der Waals surface area contributed by atoms with E-state index in [-0.39, 0.29) is 5.41 Å². The van der Waals surface area contributed by atoms with E-state index in [2.05, 4.69) is 88.2 Å². The normalized spacial score (nSPS) is 25.1. The Kier molecular flexibility index (Phi) is 3.46. The Balaban J connectivity index is 1.73. The van der Waals surface area contributed by atoms with Gasteiger partial charge in [0.15, 0.2) is 0 Å². The monoisotopic (exact) mass is 370 g/mol. The minimum absolute atomic E-state index is 0.192. The zero-order valence-electron chi connectivity index (χ0n) is 17.2. The molecule has 3 heteroatoms. The number of aryl methyl sites for hydroxylation is 2. The van der Waals surface area contributed by atoms with Crippen molar-refractivity contribution in [2.24, 2.45) is 4.99 Å². The maximum Gasteiger partial charge on any atom is 0.228 e. The molecule has 2 atom stereocenters. The van der Waals surface area contributed by atoms with Crippen molar-refractivity contribution in [2.75, 3.05) is 11.9 Å². The molecule has 3 aromatic rings. The van der Waals surface area contributed by atoms with Crippen LogP contribution in [0.15, 0.2) is 53.5 Å². The maximum absolute atomic E-state index is 6.85. The van der Waals surface area contributed by atoms with Gasteiger partial charge in [-0.2, -0.15) is 0 Å². The van der Waals surface area contributed by atoms with Gasteiger partial charge in [0.05, 0.1) is 11.6 Å². The van der Waals surface area contributed by atoms with E-state index in [1.165, 1.54) is 27.8 Å². The average Bonchev–Trinajstić information content (AvgIpc) is 2.88. The SMILES string of the molecule is CCC1(C)c2cc(C)c(C)cc2N(C)C12C=Nc1c(ccc3ccccc13)O2. The molecule has 0 radical (unpaired) electrons. The van der Waals surface area contributed by atoms with Gasteiger partial charge in [0.25, 0.3) is 0 Å². The van der Waals surface area contributed by atoms with Gasteiger partial charge in [-0.05, 0) is 61.4 Å². The second kappa shape index (κ2) is 5.60. The lowest BCUT2D eigenvalue weighted by atomic mass is 9.73. The highest BCUT2D eigenvalue weighted by atomic mass is 16.5. The van der Waals surface area contributed by atoms with Crippen LogP contribution in [-0.4, -0.2) is 19.0 Å². The van der Waals surface area contributed by atoms with Gasteiger partial charge < -0.3 is 9.64 Å². The topological polar surface area (TPSA) is 24.8 Å². The lowest BCUT2D eigenvalue weighted by Gasteiger charge is -2.46. The molecule has 2 aliphatic heterocycles. The number of nitrogens with zero attached hydrogens (tertiary/aromatic N) is 2. The van der Waals surface area contributed by atoms with Crippen LogP contribution in [0.25, 0.3) is 10.8 Å². The molecule has 2 unspecified atom stereocenters. The van der Waals surface area contributed by atoms with Crippen molar-refractivity contribution < 1.29 is 4.74 Å². The quantitative estimate of drug-likeness (QED) is 0.520. The number of likely N-dealkylation sites (N-methyl/N-ethyl adjacent to an activating group) is 1. The first-order valence-electron chi connectivity index (χ1n) is 10.0. The van der Waals surface area contributed by atoms with Crippen molar-refractivity contribution in [3.63, 3.8) is 0 Å². The van der Waals surface area contributed by atoms with E-state index >= 15 is 0 Å². The lowest BCUT2D eigenvalue weighted by Crippen LogP contribution is -2.61. The number of hydrogen-bond acceptors (Lipinski definition) is 3. The predicted octanol–water partition coefficient (Wildman–Crippen LogP) is 6.07. The summed E-state index contributed by atoms with van der Waals surface area (Å²) < 4.78 is 6.85. The Hall–Kier alpha value is -2.81. The molecular weight excluding hydrogens is 344 g/mol. The molecule has 0 saturated carbocycles. The van der Waals surface area contributed by atoms with Gasteiger partial charge in [0.2, 0.25) is 5.72 Å². The van der Waals surface area contributed by atoms with Crippen molar-refractivity contribution in [1.29, 1.82) is 0 Å². The summed E-state index contributed by atoms with van der Waals surface area (Å²) in [6.07, 6.45) is 3.00. The van der Waals surface area contributed by atoms with Crippen LogP contribution in [0.4, 0.5) is 11.4 Å². The number of anilines is 1. The molecule has 0 bridgehead atoms. The predicted molar refractivity (Wildman–Crippen MR) is 117 cm³/mol. The first-order valence-corrected chi connectivity index (χ1v) is 10.0. The molecule has 0 aromatic heterocycles. The van der Waals surface area contributed by atoms with E-state index in [1.807, 2.05) is 6.21 Å². The summed E-state index contributed by atoms with van der Waals surface area (Å²) in [5.74, 6) is 0.856. The van der Waals surface area contributed by atoms with Crippen LogP contribution >= 0.6 is 0 Å². The van der Waals surface area contributed by atoms with Gasteiger partial charge in [0.1, 0.15) is 11.4 Å². The van der Waals surface area contributed by atoms with Crippen LogP contribution in [-0.2, 0) is 5.41 Å². The molecule has 0 saturated heterocycles. The van der Waals surface area contributed by atoms with Crippen molar-refractivity contribution in [2.45, 2.75) is 45.3 Å². The molecule has 0 amide bonds. The Morgan fingerprint density at radius 3 is 2.57 bits per heavy atom. The molecule has 0 N–H and O–H groups in total. The fourth-order valence-corrected chi connectivity index (χ4v) is 4.91. The minimum atomic E-state index is -0.625. The van der Waals surface area contributed by atoms with Crippen molar-refractivity contribution in [3.8, 4) is 5.75 Å². The smallest absolute Gasteiger partial charge is 0.228 e. The molecule has 2 heterocycles. The molecule has 3 aromatic carbocycles. The molecule has 5 rings (SSSR count). The zero-order valence-corrected chi connectivity index (χ0v) is 17.2. The van der Waals surface area contributed by atoms with Gasteiger partial charge in [0, 0.05) is 18.1 Å². The molecule has 0 fully saturated rings. The summed E-state index contributed by atoms with van der Waals surface area (Å²) in [6, 6.07) is 17.2. The Bertz CT molecular complexity index is 1150. The Morgan fingerprint density at radius 2 is 1.79 bits per heavy atom. The summed E-state index contributed by atoms with van der Waals surface area (Å²) in [6.45, 7) is 8.91. The zero-order chi connectivity index (χ0) is 19.7. The second-order valence-electron chi connectivity index (χ2n) is 8.39. The third-order valence-electron chi connectivity index (χ3n) is 7.06. The first-order chi connectivity index (χ1) is 13.4. The van der Waals surface area contributed by atoms with Gasteiger partial charge in [-0.1, -0.05) is 43.3 Å². The second-order valence-corrected chi connectivity index (χ2v) is 8.39. The molecule has 2 aliphatic rings. The van der Waals surface area contributed by atoms with Crippen molar-refractivity contribution in [1.82, 2.24) is 0 Å². The van der Waals surface area contributed by atoms with Crippen LogP contribution in [0, 0.1) is 13.8 Å². The molecule has 142 valence electrons. The highest BCUT2D eigenvalue weighted by Gasteiger charge is 2.60. The molecule has 28 heavy (non-hydrogen) atoms. The molecule has 3 nitrogen and oxygen atoms in total. The van der Waals surface area contributed by atoms with Crippen LogP contribution in [0.2, 0.25) is 0 Å². The standard InChI is InChI=1S/C25H26N2O/c1-6-24(4)20-13-16(2)17(3)14-21(20)27(5)25(24)15-26-23-19-10-8-7-9-18(19)11-12-22(23)28-25/h7-15H,6H2,1-5H3. The van der Waals surface area contributed by atoms with Crippen LogP contribution in [0.3, 0.4) is 0 Å². The van der Waals surface area contributed by atoms with E-state index in [1.54, 1.807) is 0 Å². The number of rotatable bonds is 1. The summed E-state index contributed by atoms with van der Waals surface area (Å²) in [4.78, 5) is 7.26. The van der Waals surface area contributed by atoms with Gasteiger partial charge in [-0.3, -0.25) is 4.99 Å². The molecular formula is C25H26N2O. The van der Waals surface area contributed by atoms with Gasteiger partial charge in [-0.25, -0.2) is 0 Å². The average molecular weight is 370 g/mol. The van der Waals surface area contributed by atoms with E-state index in [0.29, 0.717) is 0 Å². The van der Waals surface area contributed by atoms with Crippen LogP contribution in [0.1, 0.15) is 37.0 Å². The number of benzene rings is 3. The fraction of sp³-hybridized carbons (Fsp3) is 0.320. The summed E-state index contributed by atoms with van der Waals surface area (Å²) >= 11 is 0. The van der Waals surface area contributed by atoms with Crippen molar-refractivity contribution in [3.05, 3.63) is 65.2 Å². The number of aliphatic imine (C=N–C) groups is 1. The maximum atomic E-state index is 6.85. The molecule has 0 aliphatic carbocycles. The largest absolute Gasteiger partial charge is 0.459 e. The van der Waals surface area contributed by atoms with E-state index in [9.17, 15) is 0 Å². The van der Waals surface area contributed by atoms with E-state index < -0.39 is 5.72 Å². The number of fused-ring (bicyclic) bond motifs is 4. The lowest BCUT2D eigenvalue weighted by molar-refractivity contribution is 0.0706. The number of hydrogen-bond donors (Lipinski definition) is 0. The van der Waals surface area contributed by atoms with Gasteiger partial charge >= 0.3 is 0 Å². The van der Waals surface area contributed by atoms with Crippen LogP contribution in [0.5, 0.6) is 5.75 Å². The van der Waals surface area contributed by atoms with E-state index in [0.717, 1.165) is 23.2 Å². The van der Waals surface area contributed by atoms with Crippen LogP contribution < -0.4 is 9.64 Å². The summed E-state index contributed by atoms with van der Waals surface area (Å²) in [7, 11) is 2.13. The summed E-state index contributed by atoms with van der Waals surface area (Å²) in [5, 5.41) is 2.32.